The molecule has 2 aliphatic rings. The molecule has 0 aromatic heterocycles. The molecule has 0 aliphatic carbocycles. The maximum absolute atomic E-state index is 13.9. The number of aliphatic hydroxyl groups excluding tert-OH is 3. The summed E-state index contributed by atoms with van der Waals surface area (Å²) in [5.74, 6) is -8.09. The molecule has 7 amide bonds. The van der Waals surface area contributed by atoms with E-state index in [-0.39, 0.29) is 57.6 Å². The molecule has 2 heterocycles. The number of unbranched alkanes of at least 4 members (excludes halogenated alkanes) is 1. The number of aliphatic imine (C=N–C) groups is 1. The van der Waals surface area contributed by atoms with Crippen LogP contribution < -0.4 is 48.7 Å². The van der Waals surface area contributed by atoms with Crippen LogP contribution in [0.4, 0.5) is 4.39 Å². The number of ether oxygens (including phenoxy) is 1. The molecule has 1 unspecified atom stereocenters. The smallest absolute Gasteiger partial charge is 0.305 e. The summed E-state index contributed by atoms with van der Waals surface area (Å²) in [4.78, 5) is 108. The van der Waals surface area contributed by atoms with E-state index in [1.54, 1.807) is 30.3 Å². The highest BCUT2D eigenvalue weighted by atomic mass is 18.2. The second-order valence-electron chi connectivity index (χ2n) is 14.5. The van der Waals surface area contributed by atoms with Crippen LogP contribution in [0.3, 0.4) is 0 Å². The molecule has 24 heteroatoms. The molecule has 0 spiro atoms. The number of amides is 7. The van der Waals surface area contributed by atoms with Crippen LogP contribution >= 0.6 is 0 Å². The van der Waals surface area contributed by atoms with Gasteiger partial charge in [0.1, 0.15) is 48.6 Å². The number of guanidine groups is 1. The number of aliphatic hydroxyl groups is 3. The Hall–Kier alpha value is -5.98. The first-order valence-electron chi connectivity index (χ1n) is 19.6. The van der Waals surface area contributed by atoms with Crippen molar-refractivity contribution in [3.63, 3.8) is 0 Å². The van der Waals surface area contributed by atoms with E-state index >= 15 is 0 Å². The number of aliphatic carboxylic acids is 1. The molecule has 2 saturated heterocycles. The van der Waals surface area contributed by atoms with Crippen LogP contribution in [-0.4, -0.2) is 161 Å². The number of halogens is 1. The molecule has 15 N–H and O–H groups in total. The highest BCUT2D eigenvalue weighted by molar-refractivity contribution is 5.98. The summed E-state index contributed by atoms with van der Waals surface area (Å²) in [6.45, 7) is -0.239. The van der Waals surface area contributed by atoms with Gasteiger partial charge < -0.3 is 73.8 Å². The molecule has 61 heavy (non-hydrogen) atoms. The van der Waals surface area contributed by atoms with Crippen LogP contribution in [0.2, 0.25) is 0 Å². The van der Waals surface area contributed by atoms with E-state index in [1.165, 1.54) is 0 Å². The topological polar surface area (TPSA) is 375 Å². The summed E-state index contributed by atoms with van der Waals surface area (Å²) < 4.78 is 18.8. The fraction of sp³-hybridized carbons (Fsp3) is 0.595. The number of carboxylic acids is 1. The number of hydrogen-bond donors (Lipinski definition) is 13. The van der Waals surface area contributed by atoms with Gasteiger partial charge in [-0.3, -0.25) is 43.3 Å². The maximum atomic E-state index is 13.9. The molecule has 2 aliphatic heterocycles. The minimum Gasteiger partial charge on any atom is -0.481 e. The average Bonchev–Trinajstić information content (AvgIpc) is 3.21. The fourth-order valence-electron chi connectivity index (χ4n) is 6.30. The number of benzene rings is 1. The number of carboxylic acid groups (broad SMARTS) is 1. The summed E-state index contributed by atoms with van der Waals surface area (Å²) in [5, 5.41) is 57.5. The van der Waals surface area contributed by atoms with Gasteiger partial charge in [-0.1, -0.05) is 30.3 Å². The van der Waals surface area contributed by atoms with Gasteiger partial charge in [0, 0.05) is 26.1 Å². The predicted octanol–water partition coefficient (Wildman–Crippen LogP) is -5.56. The van der Waals surface area contributed by atoms with Crippen molar-refractivity contribution in [2.24, 2.45) is 16.5 Å². The minimum atomic E-state index is -1.89. The molecule has 2 fully saturated rings. The largest absolute Gasteiger partial charge is 0.481 e. The van der Waals surface area contributed by atoms with E-state index < -0.39 is 128 Å². The zero-order valence-corrected chi connectivity index (χ0v) is 33.4. The Labute approximate surface area is 349 Å². The molecule has 10 atom stereocenters. The van der Waals surface area contributed by atoms with Gasteiger partial charge in [0.2, 0.25) is 29.5 Å². The Balaban J connectivity index is 1.82. The van der Waals surface area contributed by atoms with Crippen molar-refractivity contribution >= 4 is 53.3 Å². The number of nitrogens with zero attached hydrogens (tertiary/aromatic N) is 1. The Morgan fingerprint density at radius 3 is 2.07 bits per heavy atom. The van der Waals surface area contributed by atoms with Gasteiger partial charge in [-0.05, 0) is 44.6 Å². The molecule has 23 nitrogen and oxygen atoms in total. The predicted molar refractivity (Wildman–Crippen MR) is 210 cm³/mol. The Kier molecular flexibility index (Phi) is 19.7. The number of hydrogen-bond acceptors (Lipinski definition) is 13. The molecular weight excluding hydrogens is 810 g/mol. The molecule has 0 radical (unpaired) electrons. The second kappa shape index (κ2) is 24.3. The first-order chi connectivity index (χ1) is 28.9. The Morgan fingerprint density at radius 2 is 1.43 bits per heavy atom. The van der Waals surface area contributed by atoms with E-state index in [0.717, 1.165) is 6.92 Å². The van der Waals surface area contributed by atoms with Crippen LogP contribution in [0.25, 0.3) is 0 Å². The van der Waals surface area contributed by atoms with E-state index in [1.807, 2.05) is 0 Å². The Bertz CT molecular complexity index is 1740. The highest BCUT2D eigenvalue weighted by Gasteiger charge is 2.46. The normalized spacial score (nSPS) is 27.0. The lowest BCUT2D eigenvalue weighted by molar-refractivity contribution is -0.219. The third-order valence-corrected chi connectivity index (χ3v) is 9.61. The summed E-state index contributed by atoms with van der Waals surface area (Å²) in [7, 11) is 0. The van der Waals surface area contributed by atoms with Crippen molar-refractivity contribution in [1.82, 2.24) is 37.2 Å². The van der Waals surface area contributed by atoms with E-state index in [2.05, 4.69) is 42.2 Å². The van der Waals surface area contributed by atoms with Crippen LogP contribution in [0.5, 0.6) is 0 Å². The molecule has 3 rings (SSSR count). The molecule has 338 valence electrons. The Morgan fingerprint density at radius 1 is 0.820 bits per heavy atom. The van der Waals surface area contributed by atoms with Crippen molar-refractivity contribution in [2.75, 3.05) is 26.2 Å². The van der Waals surface area contributed by atoms with Crippen LogP contribution in [-0.2, 0) is 49.5 Å². The van der Waals surface area contributed by atoms with Crippen molar-refractivity contribution in [2.45, 2.75) is 113 Å². The SMILES string of the molecule is CC([18F])C(=O)NC[C@H]1O[C@@H](C(=O)NCCCC[C@@H]2NC(=O)[C@H](Cc3ccccc3)NC(=O)[C@H](CC(=O)O)NC(=O)CNC(=O)[C@H](CCCN=C(N)N)NC2=O)[C@@H](O)[C@@H](O)[C@@H]1O. The number of carbonyl (C=O) groups is 8. The lowest BCUT2D eigenvalue weighted by Crippen LogP contribution is -2.63. The molecule has 0 bridgehead atoms. The quantitative estimate of drug-likeness (QED) is 0.0395. The monoisotopic (exact) mass is 865 g/mol. The number of alkyl halides is 1. The van der Waals surface area contributed by atoms with Gasteiger partial charge in [-0.15, -0.1) is 0 Å². The van der Waals surface area contributed by atoms with Crippen molar-refractivity contribution in [1.29, 1.82) is 0 Å². The number of nitrogens with two attached hydrogens (primary N) is 2. The average molecular weight is 866 g/mol. The van der Waals surface area contributed by atoms with E-state index in [9.17, 15) is 63.2 Å². The molecular formula is C37H55FN10O13. The number of rotatable bonds is 17. The first-order valence-corrected chi connectivity index (χ1v) is 19.6. The highest BCUT2D eigenvalue weighted by Crippen LogP contribution is 2.21. The molecule has 1 aromatic carbocycles. The third-order valence-electron chi connectivity index (χ3n) is 9.61. The third kappa shape index (κ3) is 16.2. The summed E-state index contributed by atoms with van der Waals surface area (Å²) >= 11 is 0. The van der Waals surface area contributed by atoms with E-state index in [4.69, 9.17) is 16.2 Å². The lowest BCUT2D eigenvalue weighted by Gasteiger charge is -2.40. The van der Waals surface area contributed by atoms with Gasteiger partial charge in [-0.25, -0.2) is 4.39 Å². The van der Waals surface area contributed by atoms with Crippen molar-refractivity contribution < 1.29 is 67.9 Å². The van der Waals surface area contributed by atoms with Gasteiger partial charge in [0.15, 0.2) is 18.2 Å². The standard InChI is InChI=1S/C37H55FN10O13/c1-18(38)31(55)43-16-24-27(52)28(53)29(54)30(61-24)36(60)41-12-6-5-10-21-33(57)46-20(11-7-13-42-37(39)40)32(56)44-17-25(49)45-23(15-26(50)51)35(59)48-22(34(58)47-21)14-19-8-3-2-4-9-19/h2-4,8-9,18,20-24,27-30,52-54H,5-7,10-17H2,1H3,(H,41,60)(H,43,55)(H,44,56)(H,45,49)(H,46,57)(H,47,58)(H,48,59)(H,50,51)(H4,39,40,42)/t18?,20-,21-,22-,23-,24+,27+,28-,29-,30+/m0/s1/i38-1. The van der Waals surface area contributed by atoms with Crippen molar-refractivity contribution in [3.8, 4) is 0 Å². The minimum absolute atomic E-state index is 0.0377. The van der Waals surface area contributed by atoms with Gasteiger partial charge in [0.05, 0.1) is 13.0 Å². The van der Waals surface area contributed by atoms with Gasteiger partial charge in [-0.2, -0.15) is 0 Å². The maximum Gasteiger partial charge on any atom is 0.305 e. The summed E-state index contributed by atoms with van der Waals surface area (Å²) in [6.07, 6.45) is -11.1. The zero-order chi connectivity index (χ0) is 45.2. The molecule has 0 saturated carbocycles. The van der Waals surface area contributed by atoms with Crippen LogP contribution in [0.1, 0.15) is 51.0 Å². The zero-order valence-electron chi connectivity index (χ0n) is 33.4. The van der Waals surface area contributed by atoms with E-state index in [0.29, 0.717) is 5.56 Å². The van der Waals surface area contributed by atoms with Crippen LogP contribution in [0, 0.1) is 0 Å². The fourth-order valence-corrected chi connectivity index (χ4v) is 6.30. The number of nitrogens with one attached hydrogen (secondary N) is 7. The summed E-state index contributed by atoms with van der Waals surface area (Å²) in [6, 6.07) is 2.70. The summed E-state index contributed by atoms with van der Waals surface area (Å²) in [5.41, 5.74) is 11.4. The second-order valence-corrected chi connectivity index (χ2v) is 14.5. The first kappa shape index (κ1) is 49.4. The van der Waals surface area contributed by atoms with Crippen LogP contribution in [0.15, 0.2) is 35.3 Å². The molecule has 1 aromatic rings. The van der Waals surface area contributed by atoms with Gasteiger partial charge >= 0.3 is 5.97 Å². The van der Waals surface area contributed by atoms with Gasteiger partial charge in [0.25, 0.3) is 11.8 Å². The lowest BCUT2D eigenvalue weighted by atomic mass is 9.94. The number of carbonyl (C=O) groups excluding carboxylic acids is 7. The van der Waals surface area contributed by atoms with Crippen molar-refractivity contribution in [3.05, 3.63) is 35.9 Å².